The molecule has 0 aliphatic carbocycles. The molecule has 6 heteroatoms. The summed E-state index contributed by atoms with van der Waals surface area (Å²) in [5.41, 5.74) is 1.67. The van der Waals surface area contributed by atoms with Gasteiger partial charge in [-0.3, -0.25) is 0 Å². The third-order valence-electron chi connectivity index (χ3n) is 2.87. The van der Waals surface area contributed by atoms with E-state index in [-0.39, 0.29) is 4.90 Å². The standard InChI is InChI=1S/C15H14N2O2S2/c18-21(19,15-8-6-14(7-9-15)16-12-20)17-11-10-13-4-2-1-3-5-13/h1-9,17H,10-11H2. The Hall–Kier alpha value is -1.85. The second-order valence-corrected chi connectivity index (χ2v) is 6.28. The Morgan fingerprint density at radius 3 is 2.33 bits per heavy atom. The van der Waals surface area contributed by atoms with E-state index in [1.165, 1.54) is 12.1 Å². The van der Waals surface area contributed by atoms with Gasteiger partial charge in [-0.05, 0) is 48.5 Å². The van der Waals surface area contributed by atoms with Crippen LogP contribution in [0.15, 0.2) is 64.5 Å². The van der Waals surface area contributed by atoms with Crippen LogP contribution in [-0.4, -0.2) is 20.1 Å². The van der Waals surface area contributed by atoms with E-state index in [9.17, 15) is 8.42 Å². The fraction of sp³-hybridized carbons (Fsp3) is 0.133. The third-order valence-corrected chi connectivity index (χ3v) is 4.44. The minimum Gasteiger partial charge on any atom is -0.211 e. The summed E-state index contributed by atoms with van der Waals surface area (Å²) in [4.78, 5) is 3.99. The van der Waals surface area contributed by atoms with Crippen LogP contribution >= 0.6 is 12.2 Å². The lowest BCUT2D eigenvalue weighted by Crippen LogP contribution is -2.25. The van der Waals surface area contributed by atoms with Gasteiger partial charge in [0.15, 0.2) is 0 Å². The van der Waals surface area contributed by atoms with Crippen molar-refractivity contribution in [2.75, 3.05) is 6.54 Å². The first-order valence-corrected chi connectivity index (χ1v) is 8.22. The van der Waals surface area contributed by atoms with Gasteiger partial charge < -0.3 is 0 Å². The molecule has 0 radical (unpaired) electrons. The summed E-state index contributed by atoms with van der Waals surface area (Å²) in [5.74, 6) is 0. The summed E-state index contributed by atoms with van der Waals surface area (Å²) in [6.45, 7) is 0.353. The molecule has 4 nitrogen and oxygen atoms in total. The Balaban J connectivity index is 1.99. The minimum absolute atomic E-state index is 0.207. The van der Waals surface area contributed by atoms with Crippen LogP contribution in [0.1, 0.15) is 5.56 Å². The second kappa shape index (κ2) is 7.24. The second-order valence-electron chi connectivity index (χ2n) is 4.33. The van der Waals surface area contributed by atoms with Gasteiger partial charge in [-0.25, -0.2) is 13.1 Å². The van der Waals surface area contributed by atoms with Gasteiger partial charge in [0.05, 0.1) is 15.7 Å². The molecule has 108 valence electrons. The van der Waals surface area contributed by atoms with Gasteiger partial charge in [-0.1, -0.05) is 30.3 Å². The fourth-order valence-corrected chi connectivity index (χ4v) is 2.95. The van der Waals surface area contributed by atoms with E-state index in [1.807, 2.05) is 30.3 Å². The topological polar surface area (TPSA) is 58.5 Å². The van der Waals surface area contributed by atoms with Crippen molar-refractivity contribution in [3.8, 4) is 0 Å². The molecule has 0 fully saturated rings. The predicted octanol–water partition coefficient (Wildman–Crippen LogP) is 2.94. The molecular formula is C15H14N2O2S2. The fourth-order valence-electron chi connectivity index (χ4n) is 1.81. The van der Waals surface area contributed by atoms with Crippen LogP contribution < -0.4 is 4.72 Å². The van der Waals surface area contributed by atoms with Gasteiger partial charge in [-0.15, -0.1) is 0 Å². The van der Waals surface area contributed by atoms with E-state index < -0.39 is 10.0 Å². The predicted molar refractivity (Wildman–Crippen MR) is 86.5 cm³/mol. The highest BCUT2D eigenvalue weighted by Gasteiger charge is 2.12. The maximum Gasteiger partial charge on any atom is 0.240 e. The smallest absolute Gasteiger partial charge is 0.211 e. The average molecular weight is 318 g/mol. The summed E-state index contributed by atoms with van der Waals surface area (Å²) in [5, 5.41) is 2.24. The lowest BCUT2D eigenvalue weighted by atomic mass is 10.2. The normalized spacial score (nSPS) is 10.9. The molecule has 0 aliphatic heterocycles. The molecule has 0 amide bonds. The zero-order valence-corrected chi connectivity index (χ0v) is 12.8. The quantitative estimate of drug-likeness (QED) is 0.658. The van der Waals surface area contributed by atoms with Crippen LogP contribution in [0.3, 0.4) is 0 Å². The number of thiocarbonyl (C=S) groups is 1. The SMILES string of the molecule is O=S(=O)(NCCc1ccccc1)c1ccc(N=C=S)cc1. The lowest BCUT2D eigenvalue weighted by Gasteiger charge is -2.07. The number of sulfonamides is 1. The molecule has 0 saturated carbocycles. The van der Waals surface area contributed by atoms with Gasteiger partial charge in [0.1, 0.15) is 0 Å². The van der Waals surface area contributed by atoms with E-state index in [0.717, 1.165) is 5.56 Å². The number of nitrogens with zero attached hydrogens (tertiary/aromatic N) is 1. The Labute approximate surface area is 129 Å². The van der Waals surface area contributed by atoms with Crippen LogP contribution in [0.4, 0.5) is 5.69 Å². The van der Waals surface area contributed by atoms with Crippen LogP contribution in [0.5, 0.6) is 0 Å². The van der Waals surface area contributed by atoms with Crippen LogP contribution in [0.2, 0.25) is 0 Å². The van der Waals surface area contributed by atoms with E-state index in [2.05, 4.69) is 27.1 Å². The van der Waals surface area contributed by atoms with Crippen molar-refractivity contribution in [1.82, 2.24) is 4.72 Å². The maximum absolute atomic E-state index is 12.1. The lowest BCUT2D eigenvalue weighted by molar-refractivity contribution is 0.581. The van der Waals surface area contributed by atoms with E-state index in [0.29, 0.717) is 18.7 Å². The largest absolute Gasteiger partial charge is 0.240 e. The Morgan fingerprint density at radius 1 is 1.05 bits per heavy atom. The van der Waals surface area contributed by atoms with E-state index in [1.54, 1.807) is 12.1 Å². The van der Waals surface area contributed by atoms with Crippen LogP contribution in [0, 0.1) is 0 Å². The molecule has 0 aliphatic rings. The summed E-state index contributed by atoms with van der Waals surface area (Å²) in [7, 11) is -3.50. The van der Waals surface area contributed by atoms with Crippen molar-refractivity contribution >= 4 is 33.1 Å². The summed E-state index contributed by atoms with van der Waals surface area (Å²) < 4.78 is 26.8. The first-order valence-electron chi connectivity index (χ1n) is 6.33. The minimum atomic E-state index is -3.50. The zero-order chi connectivity index (χ0) is 15.1. The molecule has 2 aromatic carbocycles. The average Bonchev–Trinajstić information content (AvgIpc) is 2.49. The van der Waals surface area contributed by atoms with E-state index >= 15 is 0 Å². The molecule has 2 aromatic rings. The molecule has 1 N–H and O–H groups in total. The van der Waals surface area contributed by atoms with Crippen molar-refractivity contribution in [3.05, 3.63) is 60.2 Å². The highest BCUT2D eigenvalue weighted by atomic mass is 32.2. The molecule has 0 spiro atoms. The summed E-state index contributed by atoms with van der Waals surface area (Å²) in [6.07, 6.45) is 0.646. The highest BCUT2D eigenvalue weighted by Crippen LogP contribution is 2.15. The molecule has 0 unspecified atom stereocenters. The molecular weight excluding hydrogens is 304 g/mol. The molecule has 21 heavy (non-hydrogen) atoms. The van der Waals surface area contributed by atoms with Crippen molar-refractivity contribution in [2.24, 2.45) is 4.99 Å². The van der Waals surface area contributed by atoms with Crippen molar-refractivity contribution in [1.29, 1.82) is 0 Å². The highest BCUT2D eigenvalue weighted by molar-refractivity contribution is 7.89. The molecule has 0 saturated heterocycles. The Kier molecular flexibility index (Phi) is 5.36. The van der Waals surface area contributed by atoms with Gasteiger partial charge in [0, 0.05) is 6.54 Å². The van der Waals surface area contributed by atoms with Crippen molar-refractivity contribution in [3.63, 3.8) is 0 Å². The number of benzene rings is 2. The van der Waals surface area contributed by atoms with Crippen molar-refractivity contribution in [2.45, 2.75) is 11.3 Å². The molecule has 0 atom stereocenters. The van der Waals surface area contributed by atoms with Gasteiger partial charge in [0.25, 0.3) is 0 Å². The van der Waals surface area contributed by atoms with E-state index in [4.69, 9.17) is 0 Å². The molecule has 0 aromatic heterocycles. The summed E-state index contributed by atoms with van der Waals surface area (Å²) >= 11 is 4.50. The Morgan fingerprint density at radius 2 is 1.71 bits per heavy atom. The summed E-state index contributed by atoms with van der Waals surface area (Å²) in [6, 6.07) is 15.9. The zero-order valence-electron chi connectivity index (χ0n) is 11.2. The number of rotatable bonds is 6. The number of nitrogens with one attached hydrogen (secondary N) is 1. The number of isothiocyanates is 1. The maximum atomic E-state index is 12.1. The number of hydrogen-bond donors (Lipinski definition) is 1. The number of aliphatic imine (C=N–C) groups is 1. The van der Waals surface area contributed by atoms with Crippen molar-refractivity contribution < 1.29 is 8.42 Å². The monoisotopic (exact) mass is 318 g/mol. The van der Waals surface area contributed by atoms with Crippen LogP contribution in [0.25, 0.3) is 0 Å². The van der Waals surface area contributed by atoms with Gasteiger partial charge >= 0.3 is 0 Å². The first-order chi connectivity index (χ1) is 10.1. The third kappa shape index (κ3) is 4.58. The molecule has 0 bridgehead atoms. The van der Waals surface area contributed by atoms with Crippen LogP contribution in [-0.2, 0) is 16.4 Å². The first kappa shape index (κ1) is 15.5. The van der Waals surface area contributed by atoms with Gasteiger partial charge in [0.2, 0.25) is 10.0 Å². The molecule has 2 rings (SSSR count). The Bertz CT molecular complexity index is 735. The molecule has 0 heterocycles. The number of hydrogen-bond acceptors (Lipinski definition) is 4. The van der Waals surface area contributed by atoms with Gasteiger partial charge in [-0.2, -0.15) is 4.99 Å².